The molecule has 2 atom stereocenters. The molecule has 1 rings (SSSR count). The van der Waals surface area contributed by atoms with Gasteiger partial charge in [-0.15, -0.1) is 0 Å². The maximum atomic E-state index is 10.9. The average Bonchev–Trinajstić information content (AvgIpc) is 2.34. The summed E-state index contributed by atoms with van der Waals surface area (Å²) >= 11 is 6.12. The second-order valence-electron chi connectivity index (χ2n) is 4.73. The molecule has 0 unspecified atom stereocenters. The van der Waals surface area contributed by atoms with Crippen molar-refractivity contribution in [3.05, 3.63) is 56.6 Å². The van der Waals surface area contributed by atoms with Crippen molar-refractivity contribution in [2.75, 3.05) is 13.2 Å². The van der Waals surface area contributed by atoms with Crippen molar-refractivity contribution in [2.45, 2.75) is 19.8 Å². The molecular weight excluding hydrogens is 266 g/mol. The lowest BCUT2D eigenvalue weighted by molar-refractivity contribution is -0.484. The van der Waals surface area contributed by atoms with Crippen LogP contribution in [0.1, 0.15) is 25.3 Å². The number of hydrogen-bond acceptors (Lipinski definition) is 3. The molecule has 0 aliphatic carbocycles. The zero-order valence-corrected chi connectivity index (χ0v) is 11.8. The fourth-order valence-corrected chi connectivity index (χ4v) is 2.40. The predicted octanol–water partition coefficient (Wildman–Crippen LogP) is 3.28. The Morgan fingerprint density at radius 3 is 2.58 bits per heavy atom. The molecule has 1 aromatic carbocycles. The van der Waals surface area contributed by atoms with Gasteiger partial charge in [-0.25, -0.2) is 0 Å². The lowest BCUT2D eigenvalue weighted by Crippen LogP contribution is -2.23. The van der Waals surface area contributed by atoms with Gasteiger partial charge in [-0.1, -0.05) is 41.4 Å². The predicted molar refractivity (Wildman–Crippen MR) is 76.1 cm³/mol. The van der Waals surface area contributed by atoms with Gasteiger partial charge in [-0.3, -0.25) is 10.1 Å². The number of nitrogens with zero attached hydrogens (tertiary/aromatic N) is 1. The van der Waals surface area contributed by atoms with Crippen LogP contribution >= 0.6 is 11.6 Å². The molecule has 0 heterocycles. The van der Waals surface area contributed by atoms with Crippen LogP contribution in [0.2, 0.25) is 5.02 Å². The number of aliphatic hydroxyl groups excluding tert-OH is 1. The Morgan fingerprint density at radius 1 is 1.47 bits per heavy atom. The highest BCUT2D eigenvalue weighted by Gasteiger charge is 2.27. The van der Waals surface area contributed by atoms with E-state index in [-0.39, 0.29) is 24.0 Å². The molecule has 5 heteroatoms. The molecule has 0 aliphatic heterocycles. The van der Waals surface area contributed by atoms with E-state index in [4.69, 9.17) is 11.6 Å². The third-order valence-electron chi connectivity index (χ3n) is 2.93. The van der Waals surface area contributed by atoms with Crippen molar-refractivity contribution >= 4 is 11.6 Å². The second kappa shape index (κ2) is 7.26. The molecule has 4 nitrogen and oxygen atoms in total. The Balaban J connectivity index is 3.17. The summed E-state index contributed by atoms with van der Waals surface area (Å²) in [4.78, 5) is 10.5. The first-order chi connectivity index (χ1) is 8.95. The zero-order valence-electron chi connectivity index (χ0n) is 11.0. The second-order valence-corrected chi connectivity index (χ2v) is 5.14. The van der Waals surface area contributed by atoms with Gasteiger partial charge in [0.1, 0.15) is 0 Å². The van der Waals surface area contributed by atoms with E-state index in [0.717, 1.165) is 5.57 Å². The zero-order chi connectivity index (χ0) is 14.4. The standard InChI is InChI=1S/C14H18ClNO3/c1-10(2)7-11(9-17)13(8-16(18)19)12-5-3-4-6-14(12)15/h3-7,11,13,17H,8-9H2,1-2H3/t11-,13-/m0/s1. The molecule has 19 heavy (non-hydrogen) atoms. The normalized spacial score (nSPS) is 13.7. The quantitative estimate of drug-likeness (QED) is 0.495. The molecule has 0 bridgehead atoms. The summed E-state index contributed by atoms with van der Waals surface area (Å²) in [5.74, 6) is -0.737. The van der Waals surface area contributed by atoms with Crippen molar-refractivity contribution in [3.8, 4) is 0 Å². The number of benzene rings is 1. The van der Waals surface area contributed by atoms with Crippen LogP contribution in [0.5, 0.6) is 0 Å². The van der Waals surface area contributed by atoms with Gasteiger partial charge in [-0.2, -0.15) is 0 Å². The maximum Gasteiger partial charge on any atom is 0.211 e. The molecular formula is C14H18ClNO3. The minimum atomic E-state index is -0.427. The Kier molecular flexibility index (Phi) is 5.99. The molecule has 0 aromatic heterocycles. The summed E-state index contributed by atoms with van der Waals surface area (Å²) in [6, 6.07) is 7.06. The largest absolute Gasteiger partial charge is 0.396 e. The molecule has 0 saturated heterocycles. The molecule has 1 N–H and O–H groups in total. The van der Waals surface area contributed by atoms with Crippen molar-refractivity contribution in [1.29, 1.82) is 0 Å². The van der Waals surface area contributed by atoms with E-state index in [9.17, 15) is 15.2 Å². The molecule has 0 aliphatic rings. The fraction of sp³-hybridized carbons (Fsp3) is 0.429. The van der Waals surface area contributed by atoms with E-state index in [2.05, 4.69) is 0 Å². The Bertz CT molecular complexity index is 470. The minimum Gasteiger partial charge on any atom is -0.396 e. The molecule has 0 spiro atoms. The van der Waals surface area contributed by atoms with E-state index < -0.39 is 5.92 Å². The van der Waals surface area contributed by atoms with E-state index in [1.54, 1.807) is 24.3 Å². The number of hydrogen-bond donors (Lipinski definition) is 1. The maximum absolute atomic E-state index is 10.9. The van der Waals surface area contributed by atoms with Gasteiger partial charge in [0.05, 0.1) is 12.5 Å². The number of allylic oxidation sites excluding steroid dienone is 1. The lowest BCUT2D eigenvalue weighted by Gasteiger charge is -2.21. The van der Waals surface area contributed by atoms with Gasteiger partial charge in [0.15, 0.2) is 0 Å². The van der Waals surface area contributed by atoms with Gasteiger partial charge in [0.25, 0.3) is 0 Å². The van der Waals surface area contributed by atoms with Gasteiger partial charge in [0, 0.05) is 15.9 Å². The third-order valence-corrected chi connectivity index (χ3v) is 3.27. The van der Waals surface area contributed by atoms with Crippen molar-refractivity contribution in [2.24, 2.45) is 5.92 Å². The first kappa shape index (κ1) is 15.7. The molecule has 0 fully saturated rings. The number of aliphatic hydroxyl groups is 1. The molecule has 0 saturated carbocycles. The summed E-state index contributed by atoms with van der Waals surface area (Å²) in [6.07, 6.45) is 1.86. The number of halogens is 1. The van der Waals surface area contributed by atoms with Crippen LogP contribution in [0.4, 0.5) is 0 Å². The lowest BCUT2D eigenvalue weighted by atomic mass is 9.85. The highest BCUT2D eigenvalue weighted by Crippen LogP contribution is 2.31. The van der Waals surface area contributed by atoms with Gasteiger partial charge in [0.2, 0.25) is 6.54 Å². The van der Waals surface area contributed by atoms with Crippen LogP contribution in [0.3, 0.4) is 0 Å². The fourth-order valence-electron chi connectivity index (χ4n) is 2.13. The SMILES string of the molecule is CC(C)=C[C@@H](CO)[C@H](C[N+](=O)[O-])c1ccccc1Cl. The third kappa shape index (κ3) is 4.65. The number of nitro groups is 1. The van der Waals surface area contributed by atoms with E-state index >= 15 is 0 Å². The van der Waals surface area contributed by atoms with Crippen LogP contribution in [0, 0.1) is 16.0 Å². The Morgan fingerprint density at radius 2 is 2.11 bits per heavy atom. The van der Waals surface area contributed by atoms with Gasteiger partial charge in [-0.05, 0) is 25.5 Å². The molecule has 1 aromatic rings. The Hall–Kier alpha value is -1.39. The Labute approximate surface area is 117 Å². The summed E-state index contributed by atoms with van der Waals surface area (Å²) in [5, 5.41) is 20.9. The van der Waals surface area contributed by atoms with E-state index in [1.807, 2.05) is 19.9 Å². The topological polar surface area (TPSA) is 63.4 Å². The van der Waals surface area contributed by atoms with E-state index in [1.165, 1.54) is 0 Å². The summed E-state index contributed by atoms with van der Waals surface area (Å²) in [6.45, 7) is 3.41. The smallest absolute Gasteiger partial charge is 0.211 e. The van der Waals surface area contributed by atoms with Crippen LogP contribution in [0.15, 0.2) is 35.9 Å². The first-order valence-electron chi connectivity index (χ1n) is 6.07. The van der Waals surface area contributed by atoms with Crippen molar-refractivity contribution in [3.63, 3.8) is 0 Å². The molecule has 0 radical (unpaired) electrons. The van der Waals surface area contributed by atoms with Crippen LogP contribution in [-0.4, -0.2) is 23.2 Å². The first-order valence-corrected chi connectivity index (χ1v) is 6.45. The number of rotatable bonds is 6. The van der Waals surface area contributed by atoms with Gasteiger partial charge >= 0.3 is 0 Å². The minimum absolute atomic E-state index is 0.144. The highest BCUT2D eigenvalue weighted by molar-refractivity contribution is 6.31. The highest BCUT2D eigenvalue weighted by atomic mass is 35.5. The van der Waals surface area contributed by atoms with Crippen LogP contribution in [-0.2, 0) is 0 Å². The van der Waals surface area contributed by atoms with Crippen LogP contribution < -0.4 is 0 Å². The van der Waals surface area contributed by atoms with Gasteiger partial charge < -0.3 is 5.11 Å². The molecule has 0 amide bonds. The van der Waals surface area contributed by atoms with Crippen molar-refractivity contribution in [1.82, 2.24) is 0 Å². The van der Waals surface area contributed by atoms with Crippen molar-refractivity contribution < 1.29 is 10.0 Å². The summed E-state index contributed by atoms with van der Waals surface area (Å²) in [5.41, 5.74) is 1.72. The van der Waals surface area contributed by atoms with Crippen LogP contribution in [0.25, 0.3) is 0 Å². The monoisotopic (exact) mass is 283 g/mol. The summed E-state index contributed by atoms with van der Waals surface area (Å²) in [7, 11) is 0. The molecule has 104 valence electrons. The van der Waals surface area contributed by atoms with E-state index in [0.29, 0.717) is 10.6 Å². The average molecular weight is 284 g/mol. The summed E-state index contributed by atoms with van der Waals surface area (Å²) < 4.78 is 0.